The number of hydrogen-bond donors (Lipinski definition) is 1. The van der Waals surface area contributed by atoms with Crippen LogP contribution < -0.4 is 5.32 Å². The number of benzene rings is 1. The van der Waals surface area contributed by atoms with E-state index in [2.05, 4.69) is 29.2 Å². The fourth-order valence-electron chi connectivity index (χ4n) is 2.95. The zero-order valence-corrected chi connectivity index (χ0v) is 14.4. The molecule has 24 heavy (non-hydrogen) atoms. The number of rotatable bonds is 5. The van der Waals surface area contributed by atoms with Gasteiger partial charge in [-0.1, -0.05) is 29.8 Å². The summed E-state index contributed by atoms with van der Waals surface area (Å²) in [4.78, 5) is 18.7. The summed E-state index contributed by atoms with van der Waals surface area (Å²) in [5.41, 5.74) is 2.22. The molecule has 1 aromatic carbocycles. The Morgan fingerprint density at radius 1 is 1.29 bits per heavy atom. The Bertz CT molecular complexity index is 670. The molecular weight excluding hydrogens is 302 g/mol. The van der Waals surface area contributed by atoms with Gasteiger partial charge in [0, 0.05) is 24.4 Å². The average Bonchev–Trinajstić information content (AvgIpc) is 3.05. The minimum absolute atomic E-state index is 0.0830. The van der Waals surface area contributed by atoms with Gasteiger partial charge in [0.15, 0.2) is 11.7 Å². The molecule has 2 heterocycles. The predicted octanol–water partition coefficient (Wildman–Crippen LogP) is 2.79. The Balaban J connectivity index is 1.48. The van der Waals surface area contributed by atoms with Crippen LogP contribution in [0.2, 0.25) is 0 Å². The van der Waals surface area contributed by atoms with Crippen molar-refractivity contribution in [3.05, 3.63) is 41.9 Å². The van der Waals surface area contributed by atoms with Gasteiger partial charge in [-0.15, -0.1) is 0 Å². The summed E-state index contributed by atoms with van der Waals surface area (Å²) in [6, 6.07) is 8.44. The van der Waals surface area contributed by atoms with E-state index in [1.165, 1.54) is 5.56 Å². The number of carbonyl (C=O) groups is 1. The van der Waals surface area contributed by atoms with E-state index < -0.39 is 0 Å². The number of piperidine rings is 1. The molecule has 5 nitrogen and oxygen atoms in total. The Morgan fingerprint density at radius 2 is 2.00 bits per heavy atom. The summed E-state index contributed by atoms with van der Waals surface area (Å²) < 4.78 is 5.77. The van der Waals surface area contributed by atoms with Crippen molar-refractivity contribution in [2.24, 2.45) is 0 Å². The third-order valence-electron chi connectivity index (χ3n) is 4.54. The van der Waals surface area contributed by atoms with E-state index in [0.717, 1.165) is 37.3 Å². The first-order chi connectivity index (χ1) is 11.6. The third kappa shape index (κ3) is 4.45. The van der Waals surface area contributed by atoms with Crippen molar-refractivity contribution >= 4 is 5.91 Å². The lowest BCUT2D eigenvalue weighted by Gasteiger charge is -2.29. The monoisotopic (exact) mass is 327 g/mol. The van der Waals surface area contributed by atoms with Crippen molar-refractivity contribution in [1.29, 1.82) is 0 Å². The molecule has 0 saturated carbocycles. The van der Waals surface area contributed by atoms with E-state index in [4.69, 9.17) is 4.42 Å². The summed E-state index contributed by atoms with van der Waals surface area (Å²) in [6.07, 6.45) is 4.73. The molecule has 3 rings (SSSR count). The van der Waals surface area contributed by atoms with Gasteiger partial charge in [-0.2, -0.15) is 0 Å². The van der Waals surface area contributed by atoms with E-state index in [1.807, 2.05) is 24.3 Å². The maximum absolute atomic E-state index is 12.1. The molecule has 1 aromatic heterocycles. The van der Waals surface area contributed by atoms with E-state index in [9.17, 15) is 4.79 Å². The molecule has 1 aliphatic heterocycles. The van der Waals surface area contributed by atoms with E-state index in [1.54, 1.807) is 6.20 Å². The SMILES string of the molecule is Cc1ccc(-c2cnc(CCC(=O)NC3CCN(C)CC3)o2)cc1. The van der Waals surface area contributed by atoms with Gasteiger partial charge >= 0.3 is 0 Å². The Morgan fingerprint density at radius 3 is 2.71 bits per heavy atom. The van der Waals surface area contributed by atoms with Crippen molar-refractivity contribution in [3.63, 3.8) is 0 Å². The summed E-state index contributed by atoms with van der Waals surface area (Å²) in [5, 5.41) is 3.12. The van der Waals surface area contributed by atoms with E-state index in [0.29, 0.717) is 24.8 Å². The fourth-order valence-corrected chi connectivity index (χ4v) is 2.95. The highest BCUT2D eigenvalue weighted by Gasteiger charge is 2.18. The van der Waals surface area contributed by atoms with Crippen LogP contribution in [0.3, 0.4) is 0 Å². The molecule has 0 spiro atoms. The van der Waals surface area contributed by atoms with Crippen LogP contribution in [0.1, 0.15) is 30.7 Å². The number of amides is 1. The highest BCUT2D eigenvalue weighted by Crippen LogP contribution is 2.21. The second-order valence-electron chi connectivity index (χ2n) is 6.63. The van der Waals surface area contributed by atoms with Gasteiger partial charge in [0.05, 0.1) is 6.20 Å². The van der Waals surface area contributed by atoms with Crippen LogP contribution in [-0.4, -0.2) is 42.0 Å². The Kier molecular flexibility index (Phi) is 5.30. The number of nitrogens with one attached hydrogen (secondary N) is 1. The lowest BCUT2D eigenvalue weighted by molar-refractivity contribution is -0.122. The van der Waals surface area contributed by atoms with Crippen molar-refractivity contribution < 1.29 is 9.21 Å². The molecule has 5 heteroatoms. The lowest BCUT2D eigenvalue weighted by Crippen LogP contribution is -2.43. The molecule has 0 bridgehead atoms. The standard InChI is InChI=1S/C19H25N3O2/c1-14-3-5-15(6-4-14)17-13-20-19(24-17)8-7-18(23)21-16-9-11-22(2)12-10-16/h3-6,13,16H,7-12H2,1-2H3,(H,21,23). The molecule has 1 amide bonds. The minimum Gasteiger partial charge on any atom is -0.441 e. The third-order valence-corrected chi connectivity index (χ3v) is 4.54. The number of likely N-dealkylation sites (tertiary alicyclic amines) is 1. The predicted molar refractivity (Wildman–Crippen MR) is 93.7 cm³/mol. The van der Waals surface area contributed by atoms with Crippen LogP contribution in [0.5, 0.6) is 0 Å². The number of aryl methyl sites for hydroxylation is 2. The summed E-state index contributed by atoms with van der Waals surface area (Å²) in [6.45, 7) is 4.15. The highest BCUT2D eigenvalue weighted by atomic mass is 16.4. The maximum Gasteiger partial charge on any atom is 0.220 e. The smallest absolute Gasteiger partial charge is 0.220 e. The molecule has 0 unspecified atom stereocenters. The molecule has 0 aliphatic carbocycles. The molecule has 1 saturated heterocycles. The second kappa shape index (κ2) is 7.62. The first-order valence-electron chi connectivity index (χ1n) is 8.60. The number of nitrogens with zero attached hydrogens (tertiary/aromatic N) is 2. The van der Waals surface area contributed by atoms with Crippen LogP contribution in [0.15, 0.2) is 34.9 Å². The quantitative estimate of drug-likeness (QED) is 0.917. The minimum atomic E-state index is 0.0830. The summed E-state index contributed by atoms with van der Waals surface area (Å²) >= 11 is 0. The van der Waals surface area contributed by atoms with Crippen LogP contribution in [0.4, 0.5) is 0 Å². The van der Waals surface area contributed by atoms with Crippen LogP contribution in [0, 0.1) is 6.92 Å². The molecule has 128 valence electrons. The van der Waals surface area contributed by atoms with Crippen LogP contribution in [0.25, 0.3) is 11.3 Å². The zero-order valence-electron chi connectivity index (χ0n) is 14.4. The number of aromatic nitrogens is 1. The number of hydrogen-bond acceptors (Lipinski definition) is 4. The Labute approximate surface area is 143 Å². The van der Waals surface area contributed by atoms with Crippen LogP contribution in [-0.2, 0) is 11.2 Å². The van der Waals surface area contributed by atoms with Crippen molar-refractivity contribution in [3.8, 4) is 11.3 Å². The molecule has 1 N–H and O–H groups in total. The average molecular weight is 327 g/mol. The van der Waals surface area contributed by atoms with Gasteiger partial charge in [0.2, 0.25) is 5.91 Å². The molecule has 1 aliphatic rings. The number of carbonyl (C=O) groups excluding carboxylic acids is 1. The van der Waals surface area contributed by atoms with E-state index >= 15 is 0 Å². The normalized spacial score (nSPS) is 16.2. The lowest BCUT2D eigenvalue weighted by atomic mass is 10.1. The first kappa shape index (κ1) is 16.7. The van der Waals surface area contributed by atoms with Crippen molar-refractivity contribution in [2.45, 2.75) is 38.6 Å². The van der Waals surface area contributed by atoms with Gasteiger partial charge in [-0.25, -0.2) is 4.98 Å². The fraction of sp³-hybridized carbons (Fsp3) is 0.474. The molecule has 2 aromatic rings. The van der Waals surface area contributed by atoms with Gasteiger partial charge in [-0.05, 0) is 39.9 Å². The first-order valence-corrected chi connectivity index (χ1v) is 8.60. The second-order valence-corrected chi connectivity index (χ2v) is 6.63. The van der Waals surface area contributed by atoms with Gasteiger partial charge in [0.25, 0.3) is 0 Å². The van der Waals surface area contributed by atoms with Crippen LogP contribution >= 0.6 is 0 Å². The largest absolute Gasteiger partial charge is 0.441 e. The maximum atomic E-state index is 12.1. The van der Waals surface area contributed by atoms with E-state index in [-0.39, 0.29) is 5.91 Å². The van der Waals surface area contributed by atoms with Gasteiger partial charge in [-0.3, -0.25) is 4.79 Å². The topological polar surface area (TPSA) is 58.4 Å². The van der Waals surface area contributed by atoms with Crippen molar-refractivity contribution in [1.82, 2.24) is 15.2 Å². The number of oxazole rings is 1. The summed E-state index contributed by atoms with van der Waals surface area (Å²) in [7, 11) is 2.12. The highest BCUT2D eigenvalue weighted by molar-refractivity contribution is 5.76. The molecular formula is C19H25N3O2. The van der Waals surface area contributed by atoms with Gasteiger partial charge in [0.1, 0.15) is 0 Å². The Hall–Kier alpha value is -2.14. The molecule has 0 atom stereocenters. The van der Waals surface area contributed by atoms with Gasteiger partial charge < -0.3 is 14.6 Å². The van der Waals surface area contributed by atoms with Crippen molar-refractivity contribution in [2.75, 3.05) is 20.1 Å². The molecule has 0 radical (unpaired) electrons. The zero-order chi connectivity index (χ0) is 16.9. The molecule has 1 fully saturated rings. The summed E-state index contributed by atoms with van der Waals surface area (Å²) in [5.74, 6) is 1.45.